The van der Waals surface area contributed by atoms with Crippen LogP contribution in [0.25, 0.3) is 22.9 Å². The standard InChI is InChI=1S/C21H18O/c1-3-7-17-10-12-20(14-16(17)4-2)22-21-13-11-18-8-5-6-9-19(18)15-21/h3-15H,2H2,1H3/b7-3-. The van der Waals surface area contributed by atoms with Crippen LogP contribution in [0.1, 0.15) is 18.1 Å². The maximum atomic E-state index is 5.99. The summed E-state index contributed by atoms with van der Waals surface area (Å²) in [4.78, 5) is 0. The van der Waals surface area contributed by atoms with Crippen LogP contribution in [0.3, 0.4) is 0 Å². The van der Waals surface area contributed by atoms with E-state index in [2.05, 4.69) is 36.9 Å². The van der Waals surface area contributed by atoms with E-state index in [0.717, 1.165) is 22.6 Å². The second kappa shape index (κ2) is 6.31. The number of hydrogen-bond donors (Lipinski definition) is 0. The van der Waals surface area contributed by atoms with Crippen molar-refractivity contribution in [3.8, 4) is 11.5 Å². The minimum absolute atomic E-state index is 0.818. The molecule has 0 saturated heterocycles. The third-order valence-electron chi connectivity index (χ3n) is 3.58. The molecule has 0 aliphatic carbocycles. The predicted octanol–water partition coefficient (Wildman–Crippen LogP) is 6.31. The Morgan fingerprint density at radius 1 is 0.818 bits per heavy atom. The number of ether oxygens (including phenoxy) is 1. The molecule has 1 heteroatoms. The molecule has 0 heterocycles. The summed E-state index contributed by atoms with van der Waals surface area (Å²) in [6.07, 6.45) is 5.94. The van der Waals surface area contributed by atoms with Crippen molar-refractivity contribution in [2.75, 3.05) is 0 Å². The molecule has 0 fully saturated rings. The Morgan fingerprint density at radius 3 is 2.32 bits per heavy atom. The maximum absolute atomic E-state index is 5.99. The van der Waals surface area contributed by atoms with Crippen molar-refractivity contribution in [3.05, 3.63) is 84.4 Å². The van der Waals surface area contributed by atoms with E-state index in [1.54, 1.807) is 0 Å². The fourth-order valence-corrected chi connectivity index (χ4v) is 2.49. The van der Waals surface area contributed by atoms with E-state index in [1.165, 1.54) is 10.8 Å². The van der Waals surface area contributed by atoms with Gasteiger partial charge in [-0.3, -0.25) is 0 Å². The Kier molecular flexibility index (Phi) is 4.06. The monoisotopic (exact) mass is 286 g/mol. The molecule has 3 rings (SSSR count). The Balaban J connectivity index is 1.92. The van der Waals surface area contributed by atoms with Gasteiger partial charge in [-0.25, -0.2) is 0 Å². The molecule has 3 aromatic carbocycles. The van der Waals surface area contributed by atoms with Gasteiger partial charge in [0.2, 0.25) is 0 Å². The second-order valence-corrected chi connectivity index (χ2v) is 5.11. The van der Waals surface area contributed by atoms with Crippen LogP contribution in [0, 0.1) is 0 Å². The van der Waals surface area contributed by atoms with Gasteiger partial charge in [-0.2, -0.15) is 0 Å². The van der Waals surface area contributed by atoms with Gasteiger partial charge in [0.1, 0.15) is 11.5 Å². The number of rotatable bonds is 4. The molecule has 22 heavy (non-hydrogen) atoms. The van der Waals surface area contributed by atoms with Crippen LogP contribution >= 0.6 is 0 Å². The second-order valence-electron chi connectivity index (χ2n) is 5.11. The zero-order chi connectivity index (χ0) is 15.4. The first-order valence-corrected chi connectivity index (χ1v) is 7.36. The zero-order valence-corrected chi connectivity index (χ0v) is 12.6. The lowest BCUT2D eigenvalue weighted by Gasteiger charge is -2.09. The topological polar surface area (TPSA) is 9.23 Å². The van der Waals surface area contributed by atoms with Crippen LogP contribution in [-0.2, 0) is 0 Å². The summed E-state index contributed by atoms with van der Waals surface area (Å²) < 4.78 is 5.99. The molecule has 0 bridgehead atoms. The smallest absolute Gasteiger partial charge is 0.128 e. The van der Waals surface area contributed by atoms with Crippen molar-refractivity contribution in [3.63, 3.8) is 0 Å². The third-order valence-corrected chi connectivity index (χ3v) is 3.58. The lowest BCUT2D eigenvalue weighted by atomic mass is 10.1. The maximum Gasteiger partial charge on any atom is 0.128 e. The molecule has 0 saturated carbocycles. The molecule has 3 aromatic rings. The van der Waals surface area contributed by atoms with Crippen molar-refractivity contribution in [1.82, 2.24) is 0 Å². The zero-order valence-electron chi connectivity index (χ0n) is 12.6. The van der Waals surface area contributed by atoms with Gasteiger partial charge in [0.25, 0.3) is 0 Å². The van der Waals surface area contributed by atoms with E-state index in [-0.39, 0.29) is 0 Å². The van der Waals surface area contributed by atoms with Gasteiger partial charge in [0.15, 0.2) is 0 Å². The summed E-state index contributed by atoms with van der Waals surface area (Å²) in [5, 5.41) is 2.39. The first-order chi connectivity index (χ1) is 10.8. The van der Waals surface area contributed by atoms with Gasteiger partial charge in [-0.05, 0) is 53.1 Å². The summed E-state index contributed by atoms with van der Waals surface area (Å²) in [5.74, 6) is 1.66. The van der Waals surface area contributed by atoms with Crippen molar-refractivity contribution in [2.45, 2.75) is 6.92 Å². The highest BCUT2D eigenvalue weighted by molar-refractivity contribution is 5.83. The van der Waals surface area contributed by atoms with Crippen LogP contribution < -0.4 is 4.74 Å². The van der Waals surface area contributed by atoms with Crippen LogP contribution in [0.4, 0.5) is 0 Å². The molecule has 0 N–H and O–H groups in total. The lowest BCUT2D eigenvalue weighted by molar-refractivity contribution is 0.483. The fraction of sp³-hybridized carbons (Fsp3) is 0.0476. The molecule has 0 spiro atoms. The molecule has 1 nitrogen and oxygen atoms in total. The van der Waals surface area contributed by atoms with Crippen molar-refractivity contribution in [1.29, 1.82) is 0 Å². The number of hydrogen-bond acceptors (Lipinski definition) is 1. The summed E-state index contributed by atoms with van der Waals surface area (Å²) >= 11 is 0. The van der Waals surface area contributed by atoms with E-state index >= 15 is 0 Å². The highest BCUT2D eigenvalue weighted by Gasteiger charge is 2.02. The molecular formula is C21H18O. The highest BCUT2D eigenvalue weighted by atomic mass is 16.5. The highest BCUT2D eigenvalue weighted by Crippen LogP contribution is 2.28. The molecule has 0 aromatic heterocycles. The third kappa shape index (κ3) is 2.94. The lowest BCUT2D eigenvalue weighted by Crippen LogP contribution is -1.87. The van der Waals surface area contributed by atoms with Crippen molar-refractivity contribution in [2.24, 2.45) is 0 Å². The average Bonchev–Trinajstić information content (AvgIpc) is 2.56. The fourth-order valence-electron chi connectivity index (χ4n) is 2.49. The number of fused-ring (bicyclic) bond motifs is 1. The van der Waals surface area contributed by atoms with Crippen LogP contribution in [0.2, 0.25) is 0 Å². The van der Waals surface area contributed by atoms with Crippen molar-refractivity contribution >= 4 is 22.9 Å². The Bertz CT molecular complexity index is 843. The largest absolute Gasteiger partial charge is 0.457 e. The normalized spacial score (nSPS) is 11.0. The molecule has 0 aliphatic heterocycles. The van der Waals surface area contributed by atoms with Gasteiger partial charge < -0.3 is 4.74 Å². The molecule has 108 valence electrons. The SMILES string of the molecule is C=Cc1cc(Oc2ccc3ccccc3c2)ccc1/C=C\C. The van der Waals surface area contributed by atoms with Gasteiger partial charge in [-0.1, -0.05) is 61.2 Å². The van der Waals surface area contributed by atoms with E-state index < -0.39 is 0 Å². The molecule has 0 aliphatic rings. The minimum atomic E-state index is 0.818. The predicted molar refractivity (Wildman–Crippen MR) is 95.3 cm³/mol. The summed E-state index contributed by atoms with van der Waals surface area (Å²) in [6.45, 7) is 5.88. The first kappa shape index (κ1) is 14.2. The summed E-state index contributed by atoms with van der Waals surface area (Å²) in [7, 11) is 0. The molecule has 0 atom stereocenters. The summed E-state index contributed by atoms with van der Waals surface area (Å²) in [6, 6.07) is 20.4. The van der Waals surface area contributed by atoms with E-state index in [0.29, 0.717) is 0 Å². The molecule has 0 unspecified atom stereocenters. The van der Waals surface area contributed by atoms with E-state index in [1.807, 2.05) is 55.5 Å². The Morgan fingerprint density at radius 2 is 1.55 bits per heavy atom. The van der Waals surface area contributed by atoms with E-state index in [9.17, 15) is 0 Å². The average molecular weight is 286 g/mol. The number of allylic oxidation sites excluding steroid dienone is 1. The quantitative estimate of drug-likeness (QED) is 0.546. The summed E-state index contributed by atoms with van der Waals surface area (Å²) in [5.41, 5.74) is 2.21. The molecule has 0 amide bonds. The van der Waals surface area contributed by atoms with Gasteiger partial charge in [-0.15, -0.1) is 0 Å². The van der Waals surface area contributed by atoms with Crippen LogP contribution in [0.5, 0.6) is 11.5 Å². The number of benzene rings is 3. The van der Waals surface area contributed by atoms with E-state index in [4.69, 9.17) is 4.74 Å². The van der Waals surface area contributed by atoms with Gasteiger partial charge in [0.05, 0.1) is 0 Å². The van der Waals surface area contributed by atoms with Gasteiger partial charge in [0, 0.05) is 0 Å². The minimum Gasteiger partial charge on any atom is -0.457 e. The Hall–Kier alpha value is -2.80. The van der Waals surface area contributed by atoms with Gasteiger partial charge >= 0.3 is 0 Å². The molecular weight excluding hydrogens is 268 g/mol. The van der Waals surface area contributed by atoms with Crippen LogP contribution in [0.15, 0.2) is 73.3 Å². The van der Waals surface area contributed by atoms with Crippen molar-refractivity contribution < 1.29 is 4.74 Å². The first-order valence-electron chi connectivity index (χ1n) is 7.36. The molecule has 0 radical (unpaired) electrons. The Labute approximate surface area is 131 Å². The van der Waals surface area contributed by atoms with Crippen LogP contribution in [-0.4, -0.2) is 0 Å².